The molecular weight excluding hydrogens is 640 g/mol. The van der Waals surface area contributed by atoms with Crippen LogP contribution in [0.4, 0.5) is 11.4 Å². The largest absolute Gasteiger partial charge is 0.466 e. The number of ether oxygens (including phenoxy) is 3. The fraction of sp³-hybridized carbons (Fsp3) is 0.619. The summed E-state index contributed by atoms with van der Waals surface area (Å²) in [7, 11) is 1.51. The summed E-state index contributed by atoms with van der Waals surface area (Å²) < 4.78 is 19.3. The maximum Gasteiger partial charge on any atom is 0.335 e. The van der Waals surface area contributed by atoms with Crippen LogP contribution in [-0.2, 0) is 34.6 Å². The maximum absolute atomic E-state index is 15.9. The number of para-hydroxylation sites is 2. The normalized spacial score (nSPS) is 48.3. The molecule has 7 saturated heterocycles. The fourth-order valence-corrected chi connectivity index (χ4v) is 16.2. The number of carbonyl (C=O) groups excluding carboxylic acids is 2. The minimum absolute atomic E-state index is 0.0416. The summed E-state index contributed by atoms with van der Waals surface area (Å²) in [5.41, 5.74) is 5.39. The number of esters is 1. The van der Waals surface area contributed by atoms with E-state index in [4.69, 9.17) is 14.2 Å². The Morgan fingerprint density at radius 3 is 2.71 bits per heavy atom. The van der Waals surface area contributed by atoms with Crippen molar-refractivity contribution in [3.63, 3.8) is 0 Å². The van der Waals surface area contributed by atoms with Crippen molar-refractivity contribution < 1.29 is 23.8 Å². The number of methoxy groups -OCH3 is 1. The lowest BCUT2D eigenvalue weighted by molar-refractivity contribution is -0.191. The molecule has 1 amide bonds. The Bertz CT molecular complexity index is 2030. The van der Waals surface area contributed by atoms with Gasteiger partial charge in [0.25, 0.3) is 0 Å². The number of rotatable bonds is 2. The number of carbonyl (C=O) groups is 2. The van der Waals surface area contributed by atoms with Crippen LogP contribution in [0.25, 0.3) is 0 Å². The maximum atomic E-state index is 15.9. The van der Waals surface area contributed by atoms with Crippen LogP contribution in [0.15, 0.2) is 59.8 Å². The molecule has 51 heavy (non-hydrogen) atoms. The van der Waals surface area contributed by atoms with Gasteiger partial charge in [-0.15, -0.1) is 0 Å². The SMILES string of the molecule is CC[C@@]12C[C@H]3C[C@@]4(CN5c6ccccc6[C@@]6(CCN(C[C@H]7O[C@H]71)[C@@H]26)[C@H]35)C(=O)N1CC[C@]23C(=C(C(=O)OC)C[C@@]5(CCO[C@@H]45)[C@H]12)Nc1ccccc13. The second kappa shape index (κ2) is 8.86. The lowest BCUT2D eigenvalue weighted by Gasteiger charge is -2.67. The number of fused-ring (bicyclic) bond motifs is 6. The first-order chi connectivity index (χ1) is 24.9. The molecular formula is C42H46N4O5. The van der Waals surface area contributed by atoms with Gasteiger partial charge in [0.05, 0.1) is 47.9 Å². The van der Waals surface area contributed by atoms with Gasteiger partial charge in [-0.05, 0) is 80.7 Å². The molecule has 2 aromatic rings. The summed E-state index contributed by atoms with van der Waals surface area (Å²) in [6, 6.07) is 18.5. The Balaban J connectivity index is 1.02. The van der Waals surface area contributed by atoms with Crippen molar-refractivity contribution in [3.05, 3.63) is 70.9 Å². The summed E-state index contributed by atoms with van der Waals surface area (Å²) in [6.07, 6.45) is 6.82. The number of hydrogen-bond donors (Lipinski definition) is 1. The molecule has 264 valence electrons. The predicted molar refractivity (Wildman–Crippen MR) is 188 cm³/mol. The monoisotopic (exact) mass is 686 g/mol. The number of anilines is 2. The molecule has 2 aromatic carbocycles. The van der Waals surface area contributed by atoms with E-state index in [1.165, 1.54) is 30.3 Å². The number of amides is 1. The van der Waals surface area contributed by atoms with Gasteiger partial charge >= 0.3 is 5.97 Å². The predicted octanol–water partition coefficient (Wildman–Crippen LogP) is 4.36. The van der Waals surface area contributed by atoms with Crippen molar-refractivity contribution in [3.8, 4) is 0 Å². The highest BCUT2D eigenvalue weighted by Gasteiger charge is 2.82. The molecule has 9 nitrogen and oxygen atoms in total. The van der Waals surface area contributed by atoms with Crippen LogP contribution in [0.5, 0.6) is 0 Å². The molecule has 1 N–H and O–H groups in total. The van der Waals surface area contributed by atoms with E-state index in [0.29, 0.717) is 62.2 Å². The quantitative estimate of drug-likeness (QED) is 0.369. The Kier molecular flexibility index (Phi) is 5.05. The number of benzene rings is 2. The number of piperidine rings is 3. The van der Waals surface area contributed by atoms with Crippen LogP contribution >= 0.6 is 0 Å². The van der Waals surface area contributed by atoms with Crippen LogP contribution < -0.4 is 10.2 Å². The van der Waals surface area contributed by atoms with E-state index in [2.05, 4.69) is 75.5 Å². The Hall–Kier alpha value is -3.40. The van der Waals surface area contributed by atoms with E-state index in [1.54, 1.807) is 0 Å². The van der Waals surface area contributed by atoms with E-state index in [0.717, 1.165) is 62.2 Å². The van der Waals surface area contributed by atoms with Gasteiger partial charge < -0.3 is 29.3 Å². The molecule has 9 heterocycles. The third-order valence-electron chi connectivity index (χ3n) is 17.2. The van der Waals surface area contributed by atoms with Gasteiger partial charge in [0.1, 0.15) is 0 Å². The lowest BCUT2D eigenvalue weighted by Crippen LogP contribution is -2.77. The molecule has 0 unspecified atom stereocenters. The second-order valence-electron chi connectivity index (χ2n) is 18.3. The molecule has 4 spiro atoms. The Morgan fingerprint density at radius 1 is 1.00 bits per heavy atom. The molecule has 1 saturated carbocycles. The van der Waals surface area contributed by atoms with Crippen LogP contribution in [0, 0.1) is 22.2 Å². The standard InChI is InChI=1S/C42H46N4O5/c1-3-38-18-23-19-40(22-46-28-11-7-5-9-26(28)42(31(23)46)12-15-44(34(38)42)21-29-32(38)51-29)36-39(14-17-50-36)20-24(33(47)49-2)30-41(13-16-45(35(39)41)37(40)48)25-8-4-6-10-27(25)43-30/h4-11,23,29,31-32,34-36,43H,3,12-22H2,1-2H3/t23-,29+,31-,32+,34-,35-,36+,38+,39-,40-,41-,42-/m0/s1. The van der Waals surface area contributed by atoms with Gasteiger partial charge in [-0.3, -0.25) is 9.69 Å². The summed E-state index contributed by atoms with van der Waals surface area (Å²) >= 11 is 0. The lowest BCUT2D eigenvalue weighted by atomic mass is 9.44. The van der Waals surface area contributed by atoms with Crippen molar-refractivity contribution in [1.82, 2.24) is 9.80 Å². The van der Waals surface area contributed by atoms with Crippen molar-refractivity contribution in [2.45, 2.75) is 99.1 Å². The molecule has 9 aliphatic heterocycles. The van der Waals surface area contributed by atoms with Crippen LogP contribution in [0.2, 0.25) is 0 Å². The number of nitrogens with one attached hydrogen (secondary N) is 1. The highest BCUT2D eigenvalue weighted by molar-refractivity contribution is 5.95. The fourth-order valence-electron chi connectivity index (χ4n) is 16.2. The van der Waals surface area contributed by atoms with Gasteiger partial charge in [0.15, 0.2) is 0 Å². The summed E-state index contributed by atoms with van der Waals surface area (Å²) in [6.45, 7) is 6.59. The molecule has 13 rings (SSSR count). The zero-order valence-corrected chi connectivity index (χ0v) is 29.5. The van der Waals surface area contributed by atoms with E-state index in [9.17, 15) is 4.79 Å². The highest BCUT2D eigenvalue weighted by Crippen LogP contribution is 2.75. The first-order valence-corrected chi connectivity index (χ1v) is 19.7. The third-order valence-corrected chi connectivity index (χ3v) is 17.2. The number of nitrogens with zero attached hydrogens (tertiary/aromatic N) is 3. The molecule has 0 aromatic heterocycles. The zero-order chi connectivity index (χ0) is 33.9. The highest BCUT2D eigenvalue weighted by atomic mass is 16.6. The van der Waals surface area contributed by atoms with Crippen molar-refractivity contribution in [2.24, 2.45) is 22.2 Å². The van der Waals surface area contributed by atoms with Gasteiger partial charge in [0, 0.05) is 71.6 Å². The second-order valence-corrected chi connectivity index (χ2v) is 18.3. The molecule has 11 aliphatic rings. The molecule has 0 bridgehead atoms. The van der Waals surface area contributed by atoms with Crippen LogP contribution in [0.3, 0.4) is 0 Å². The summed E-state index contributed by atoms with van der Waals surface area (Å²) in [5, 5.41) is 3.72. The molecule has 8 fully saturated rings. The topological polar surface area (TPSA) is 86.9 Å². The van der Waals surface area contributed by atoms with Gasteiger partial charge in [0.2, 0.25) is 5.91 Å². The Morgan fingerprint density at radius 2 is 1.84 bits per heavy atom. The molecule has 0 radical (unpaired) electrons. The van der Waals surface area contributed by atoms with E-state index in [-0.39, 0.29) is 34.4 Å². The van der Waals surface area contributed by atoms with E-state index in [1.807, 2.05) is 0 Å². The van der Waals surface area contributed by atoms with Gasteiger partial charge in [-0.1, -0.05) is 43.3 Å². The molecule has 2 aliphatic carbocycles. The third kappa shape index (κ3) is 2.84. The van der Waals surface area contributed by atoms with Crippen LogP contribution in [0.1, 0.15) is 63.0 Å². The average Bonchev–Trinajstić information content (AvgIpc) is 3.54. The first-order valence-electron chi connectivity index (χ1n) is 19.7. The minimum atomic E-state index is -0.707. The smallest absolute Gasteiger partial charge is 0.335 e. The Labute approximate surface area is 298 Å². The number of hydrogen-bond acceptors (Lipinski definition) is 8. The van der Waals surface area contributed by atoms with Crippen molar-refractivity contribution in [2.75, 3.05) is 50.1 Å². The number of epoxide rings is 1. The van der Waals surface area contributed by atoms with Gasteiger partial charge in [-0.2, -0.15) is 0 Å². The van der Waals surface area contributed by atoms with Crippen molar-refractivity contribution in [1.29, 1.82) is 0 Å². The summed E-state index contributed by atoms with van der Waals surface area (Å²) in [5.74, 6) is 0.378. The average molecular weight is 687 g/mol. The first kappa shape index (κ1) is 29.1. The van der Waals surface area contributed by atoms with E-state index >= 15 is 4.79 Å². The summed E-state index contributed by atoms with van der Waals surface area (Å²) in [4.78, 5) is 37.7. The molecule has 12 atom stereocenters. The molecule has 9 heteroatoms. The minimum Gasteiger partial charge on any atom is -0.466 e. The van der Waals surface area contributed by atoms with Gasteiger partial charge in [-0.25, -0.2) is 4.79 Å². The van der Waals surface area contributed by atoms with Crippen molar-refractivity contribution >= 4 is 23.3 Å². The zero-order valence-electron chi connectivity index (χ0n) is 29.5. The van der Waals surface area contributed by atoms with Crippen LogP contribution in [-0.4, -0.2) is 98.0 Å². The van der Waals surface area contributed by atoms with E-state index < -0.39 is 10.8 Å².